The molecule has 4 nitrogen and oxygen atoms in total. The molecule has 5 heteroatoms. The van der Waals surface area contributed by atoms with Crippen molar-refractivity contribution < 1.29 is 0 Å². The van der Waals surface area contributed by atoms with Crippen LogP contribution in [0.1, 0.15) is 30.8 Å². The van der Waals surface area contributed by atoms with E-state index in [0.29, 0.717) is 6.54 Å². The lowest BCUT2D eigenvalue weighted by atomic mass is 10.2. The Morgan fingerprint density at radius 2 is 1.94 bits per heavy atom. The third-order valence-electron chi connectivity index (χ3n) is 2.80. The van der Waals surface area contributed by atoms with Gasteiger partial charge in [0.25, 0.3) is 0 Å². The molecule has 2 heterocycles. The second-order valence-electron chi connectivity index (χ2n) is 4.18. The summed E-state index contributed by atoms with van der Waals surface area (Å²) >= 11 is 5.67. The van der Waals surface area contributed by atoms with Crippen molar-refractivity contribution in [1.82, 2.24) is 19.5 Å². The lowest BCUT2D eigenvalue weighted by Gasteiger charge is -2.06. The number of rotatable bonds is 7. The van der Waals surface area contributed by atoms with Gasteiger partial charge in [-0.3, -0.25) is 0 Å². The summed E-state index contributed by atoms with van der Waals surface area (Å²) < 4.78 is 2.11. The van der Waals surface area contributed by atoms with Gasteiger partial charge >= 0.3 is 0 Å². The molecule has 18 heavy (non-hydrogen) atoms. The number of hydrogen-bond acceptors (Lipinski definition) is 3. The van der Waals surface area contributed by atoms with Crippen LogP contribution in [0.4, 0.5) is 0 Å². The first-order valence-electron chi connectivity index (χ1n) is 6.21. The van der Waals surface area contributed by atoms with Crippen LogP contribution in [-0.2, 0) is 13.0 Å². The van der Waals surface area contributed by atoms with Gasteiger partial charge < -0.3 is 4.57 Å². The minimum atomic E-state index is 0.686. The fourth-order valence-electron chi connectivity index (χ4n) is 1.84. The van der Waals surface area contributed by atoms with Crippen molar-refractivity contribution in [3.8, 4) is 0 Å². The Balaban J connectivity index is 1.91. The summed E-state index contributed by atoms with van der Waals surface area (Å²) in [5.41, 5.74) is 1.23. The summed E-state index contributed by atoms with van der Waals surface area (Å²) in [6.45, 7) is 0.686. The van der Waals surface area contributed by atoms with Crippen LogP contribution in [0.25, 0.3) is 0 Å². The van der Waals surface area contributed by atoms with E-state index in [2.05, 4.69) is 19.5 Å². The van der Waals surface area contributed by atoms with Crippen molar-refractivity contribution in [2.75, 3.05) is 5.88 Å². The lowest BCUT2D eigenvalue weighted by molar-refractivity contribution is 0.654. The van der Waals surface area contributed by atoms with Gasteiger partial charge in [-0.15, -0.1) is 11.6 Å². The molecule has 0 aromatic carbocycles. The average Bonchev–Trinajstić information content (AvgIpc) is 2.83. The van der Waals surface area contributed by atoms with Crippen LogP contribution >= 0.6 is 11.6 Å². The highest BCUT2D eigenvalue weighted by Crippen LogP contribution is 2.08. The largest absolute Gasteiger partial charge is 0.327 e. The van der Waals surface area contributed by atoms with Crippen LogP contribution in [0.15, 0.2) is 31.0 Å². The Kier molecular flexibility index (Phi) is 5.15. The smallest absolute Gasteiger partial charge is 0.147 e. The van der Waals surface area contributed by atoms with Crippen molar-refractivity contribution in [2.45, 2.75) is 32.2 Å². The minimum Gasteiger partial charge on any atom is -0.327 e. The van der Waals surface area contributed by atoms with Gasteiger partial charge in [0.2, 0.25) is 0 Å². The normalized spacial score (nSPS) is 10.7. The van der Waals surface area contributed by atoms with E-state index in [1.807, 2.05) is 18.6 Å². The highest BCUT2D eigenvalue weighted by Gasteiger charge is 2.04. The van der Waals surface area contributed by atoms with E-state index < -0.39 is 0 Å². The molecule has 0 bridgehead atoms. The van der Waals surface area contributed by atoms with Crippen LogP contribution < -0.4 is 0 Å². The third-order valence-corrected chi connectivity index (χ3v) is 3.06. The van der Waals surface area contributed by atoms with E-state index >= 15 is 0 Å². The Morgan fingerprint density at radius 3 is 2.72 bits per heavy atom. The summed E-state index contributed by atoms with van der Waals surface area (Å²) in [6, 6.07) is 1.82. The highest BCUT2D eigenvalue weighted by molar-refractivity contribution is 6.17. The fourth-order valence-corrected chi connectivity index (χ4v) is 2.03. The maximum absolute atomic E-state index is 5.67. The Labute approximate surface area is 112 Å². The Bertz CT molecular complexity index is 455. The minimum absolute atomic E-state index is 0.686. The maximum Gasteiger partial charge on any atom is 0.147 e. The molecule has 2 aromatic heterocycles. The maximum atomic E-state index is 5.67. The van der Waals surface area contributed by atoms with Crippen LogP contribution in [0.5, 0.6) is 0 Å². The first-order valence-corrected chi connectivity index (χ1v) is 6.74. The van der Waals surface area contributed by atoms with Gasteiger partial charge in [-0.25, -0.2) is 15.0 Å². The van der Waals surface area contributed by atoms with E-state index in [9.17, 15) is 0 Å². The van der Waals surface area contributed by atoms with Crippen LogP contribution in [0, 0.1) is 0 Å². The molecule has 0 fully saturated rings. The lowest BCUT2D eigenvalue weighted by Crippen LogP contribution is -2.06. The Morgan fingerprint density at radius 1 is 1.11 bits per heavy atom. The zero-order valence-corrected chi connectivity index (χ0v) is 11.1. The summed E-state index contributed by atoms with van der Waals surface area (Å²) in [6.07, 6.45) is 11.7. The molecule has 0 aliphatic rings. The first kappa shape index (κ1) is 13.0. The number of aromatic nitrogens is 4. The molecular formula is C13H17ClN4. The molecule has 0 unspecified atom stereocenters. The van der Waals surface area contributed by atoms with Crippen molar-refractivity contribution in [1.29, 1.82) is 0 Å². The summed E-state index contributed by atoms with van der Waals surface area (Å²) in [4.78, 5) is 12.7. The van der Waals surface area contributed by atoms with Gasteiger partial charge in [0.1, 0.15) is 5.82 Å². The van der Waals surface area contributed by atoms with Crippen LogP contribution in [0.2, 0.25) is 0 Å². The van der Waals surface area contributed by atoms with Gasteiger partial charge in [0.15, 0.2) is 0 Å². The first-order chi connectivity index (χ1) is 8.90. The molecule has 0 spiro atoms. The van der Waals surface area contributed by atoms with E-state index in [0.717, 1.165) is 37.4 Å². The second kappa shape index (κ2) is 7.11. The summed E-state index contributed by atoms with van der Waals surface area (Å²) in [5, 5.41) is 0. The molecule has 0 saturated carbocycles. The number of nitrogens with zero attached hydrogens (tertiary/aromatic N) is 4. The standard InChI is InChI=1S/C13H17ClN4/c14-6-3-1-2-5-12-9-15-11-18(12)10-13-16-7-4-8-17-13/h4,7-9,11H,1-3,5-6,10H2. The molecule has 0 amide bonds. The van der Waals surface area contributed by atoms with Crippen LogP contribution in [-0.4, -0.2) is 25.4 Å². The third kappa shape index (κ3) is 3.81. The molecule has 0 N–H and O–H groups in total. The van der Waals surface area contributed by atoms with Crippen molar-refractivity contribution >= 4 is 11.6 Å². The molecule has 2 rings (SSSR count). The van der Waals surface area contributed by atoms with Crippen LogP contribution in [0.3, 0.4) is 0 Å². The molecule has 0 aliphatic carbocycles. The second-order valence-corrected chi connectivity index (χ2v) is 4.56. The number of alkyl halides is 1. The van der Waals surface area contributed by atoms with E-state index in [4.69, 9.17) is 11.6 Å². The summed E-state index contributed by atoms with van der Waals surface area (Å²) in [5.74, 6) is 1.56. The number of hydrogen-bond donors (Lipinski definition) is 0. The zero-order chi connectivity index (χ0) is 12.6. The quantitative estimate of drug-likeness (QED) is 0.570. The average molecular weight is 265 g/mol. The van der Waals surface area contributed by atoms with E-state index in [1.165, 1.54) is 5.69 Å². The van der Waals surface area contributed by atoms with Gasteiger partial charge in [0.05, 0.1) is 12.9 Å². The number of unbranched alkanes of at least 4 members (excludes halogenated alkanes) is 2. The molecule has 0 aliphatic heterocycles. The molecule has 2 aromatic rings. The van der Waals surface area contributed by atoms with E-state index in [1.54, 1.807) is 12.4 Å². The number of halogens is 1. The van der Waals surface area contributed by atoms with Gasteiger partial charge in [-0.1, -0.05) is 6.42 Å². The molecule has 0 radical (unpaired) electrons. The predicted molar refractivity (Wildman–Crippen MR) is 71.6 cm³/mol. The molecule has 0 atom stereocenters. The van der Waals surface area contributed by atoms with Gasteiger partial charge in [-0.05, 0) is 25.3 Å². The van der Waals surface area contributed by atoms with Crippen molar-refractivity contribution in [3.05, 3.63) is 42.5 Å². The number of aryl methyl sites for hydroxylation is 1. The van der Waals surface area contributed by atoms with Crippen molar-refractivity contribution in [2.24, 2.45) is 0 Å². The molecule has 0 saturated heterocycles. The SMILES string of the molecule is ClCCCCCc1cncn1Cc1ncccn1. The van der Waals surface area contributed by atoms with Gasteiger partial charge in [0, 0.05) is 30.2 Å². The zero-order valence-electron chi connectivity index (χ0n) is 10.3. The molecule has 96 valence electrons. The van der Waals surface area contributed by atoms with Gasteiger partial charge in [-0.2, -0.15) is 0 Å². The Hall–Kier alpha value is -1.42. The van der Waals surface area contributed by atoms with Crippen molar-refractivity contribution in [3.63, 3.8) is 0 Å². The highest BCUT2D eigenvalue weighted by atomic mass is 35.5. The molecular weight excluding hydrogens is 248 g/mol. The topological polar surface area (TPSA) is 43.6 Å². The monoisotopic (exact) mass is 264 g/mol. The van der Waals surface area contributed by atoms with E-state index in [-0.39, 0.29) is 0 Å². The summed E-state index contributed by atoms with van der Waals surface area (Å²) in [7, 11) is 0. The fraction of sp³-hybridized carbons (Fsp3) is 0.462. The predicted octanol–water partition coefficient (Wildman–Crippen LogP) is 2.67. The number of imidazole rings is 1.